The molecule has 0 spiro atoms. The minimum atomic E-state index is -0.339. The van der Waals surface area contributed by atoms with Crippen molar-refractivity contribution >= 4 is 39.0 Å². The molecule has 0 saturated carbocycles. The highest BCUT2D eigenvalue weighted by atomic mass is 32.1. The van der Waals surface area contributed by atoms with Gasteiger partial charge < -0.3 is 9.15 Å². The lowest BCUT2D eigenvalue weighted by Crippen LogP contribution is -2.21. The quantitative estimate of drug-likeness (QED) is 0.249. The van der Waals surface area contributed by atoms with E-state index in [9.17, 15) is 4.79 Å². The van der Waals surface area contributed by atoms with Crippen molar-refractivity contribution in [3.05, 3.63) is 99.4 Å². The van der Waals surface area contributed by atoms with Gasteiger partial charge >= 0.3 is 0 Å². The van der Waals surface area contributed by atoms with E-state index in [0.717, 1.165) is 39.1 Å². The molecule has 192 valence electrons. The van der Waals surface area contributed by atoms with E-state index in [-0.39, 0.29) is 11.5 Å². The summed E-state index contributed by atoms with van der Waals surface area (Å²) in [7, 11) is 1.59. The Labute approximate surface area is 225 Å². The summed E-state index contributed by atoms with van der Waals surface area (Å²) in [6.45, 7) is 8.26. The first kappa shape index (κ1) is 25.4. The molecule has 0 unspecified atom stereocenters. The van der Waals surface area contributed by atoms with E-state index in [1.807, 2.05) is 49.4 Å². The highest BCUT2D eigenvalue weighted by Crippen LogP contribution is 2.34. The normalized spacial score (nSPS) is 11.7. The number of benzene rings is 3. The number of aromatic nitrogens is 1. The van der Waals surface area contributed by atoms with Crippen LogP contribution in [0, 0.1) is 20.8 Å². The summed E-state index contributed by atoms with van der Waals surface area (Å²) in [5.74, 6) is 0.231. The molecule has 5 aromatic rings. The fourth-order valence-electron chi connectivity index (χ4n) is 4.44. The third kappa shape index (κ3) is 5.10. The van der Waals surface area contributed by atoms with Crippen molar-refractivity contribution in [1.82, 2.24) is 4.98 Å². The number of fused-ring (bicyclic) bond motifs is 1. The number of thiazole rings is 1. The van der Waals surface area contributed by atoms with E-state index in [1.165, 1.54) is 16.9 Å². The number of nitrogens with zero attached hydrogens (tertiary/aromatic N) is 2. The van der Waals surface area contributed by atoms with E-state index in [1.54, 1.807) is 13.2 Å². The first-order valence-electron chi connectivity index (χ1n) is 12.5. The Hall–Kier alpha value is -4.23. The Morgan fingerprint density at radius 2 is 1.82 bits per heavy atom. The molecule has 1 amide bonds. The zero-order valence-electron chi connectivity index (χ0n) is 22.1. The summed E-state index contributed by atoms with van der Waals surface area (Å²) >= 11 is 1.49. The summed E-state index contributed by atoms with van der Waals surface area (Å²) in [6.07, 6.45) is 0.815. The fourth-order valence-corrected chi connectivity index (χ4v) is 5.36. The predicted molar refractivity (Wildman–Crippen MR) is 154 cm³/mol. The van der Waals surface area contributed by atoms with E-state index in [2.05, 4.69) is 44.3 Å². The van der Waals surface area contributed by atoms with Crippen LogP contribution in [0.1, 0.15) is 38.8 Å². The van der Waals surface area contributed by atoms with Crippen LogP contribution in [0.4, 0.5) is 10.8 Å². The molecule has 1 N–H and O–H groups in total. The maximum absolute atomic E-state index is 13.7. The second-order valence-corrected chi connectivity index (χ2v) is 10.3. The predicted octanol–water partition coefficient (Wildman–Crippen LogP) is 7.54. The first-order chi connectivity index (χ1) is 18.4. The van der Waals surface area contributed by atoms with Crippen molar-refractivity contribution in [1.29, 1.82) is 0 Å². The molecule has 0 bridgehead atoms. The number of ether oxygens (including phenoxy) is 1. The van der Waals surface area contributed by atoms with Gasteiger partial charge in [-0.2, -0.15) is 0 Å². The molecule has 3 aromatic carbocycles. The Kier molecular flexibility index (Phi) is 7.11. The smallest absolute Gasteiger partial charge is 0.262 e. The molecular formula is C31H29N3O3S. The van der Waals surface area contributed by atoms with Crippen LogP contribution in [0.3, 0.4) is 0 Å². The van der Waals surface area contributed by atoms with Crippen molar-refractivity contribution in [2.24, 2.45) is 4.99 Å². The number of amides is 1. The minimum absolute atomic E-state index is 0.201. The van der Waals surface area contributed by atoms with Crippen molar-refractivity contribution in [3.8, 4) is 17.0 Å². The van der Waals surface area contributed by atoms with Crippen LogP contribution in [-0.2, 0) is 6.42 Å². The molecule has 2 aromatic heterocycles. The maximum Gasteiger partial charge on any atom is 0.262 e. The Bertz CT molecular complexity index is 1730. The van der Waals surface area contributed by atoms with Gasteiger partial charge in [-0.3, -0.25) is 10.1 Å². The number of hydrogen-bond acceptors (Lipinski definition) is 6. The Morgan fingerprint density at radius 1 is 1.03 bits per heavy atom. The number of hydrogen-bond donors (Lipinski definition) is 1. The second kappa shape index (κ2) is 10.6. The van der Waals surface area contributed by atoms with Gasteiger partial charge in [0, 0.05) is 15.8 Å². The van der Waals surface area contributed by atoms with Gasteiger partial charge in [0.05, 0.1) is 18.5 Å². The van der Waals surface area contributed by atoms with Crippen LogP contribution in [0.15, 0.2) is 76.1 Å². The van der Waals surface area contributed by atoms with Crippen molar-refractivity contribution in [2.75, 3.05) is 12.4 Å². The molecule has 0 saturated heterocycles. The summed E-state index contributed by atoms with van der Waals surface area (Å²) in [6, 6.07) is 21.4. The van der Waals surface area contributed by atoms with Crippen LogP contribution in [0.25, 0.3) is 22.2 Å². The molecule has 0 atom stereocenters. The van der Waals surface area contributed by atoms with Crippen LogP contribution in [0.2, 0.25) is 0 Å². The third-order valence-corrected chi connectivity index (χ3v) is 7.43. The third-order valence-electron chi connectivity index (χ3n) is 6.31. The van der Waals surface area contributed by atoms with Gasteiger partial charge in [-0.1, -0.05) is 55.0 Å². The SMILES string of the molecule is CCc1sc(NC(=O)c2cc3cccc(OC)c3oc2=Nc2cccc(C)c2)nc1-c1ccc(C)cc1C. The zero-order valence-corrected chi connectivity index (χ0v) is 22.9. The summed E-state index contributed by atoms with van der Waals surface area (Å²) < 4.78 is 11.7. The lowest BCUT2D eigenvalue weighted by atomic mass is 10.0. The lowest BCUT2D eigenvalue weighted by Gasteiger charge is -2.08. The maximum atomic E-state index is 13.7. The number of anilines is 1. The van der Waals surface area contributed by atoms with Crippen LogP contribution < -0.4 is 15.6 Å². The lowest BCUT2D eigenvalue weighted by molar-refractivity contribution is 0.102. The van der Waals surface area contributed by atoms with Gasteiger partial charge in [-0.05, 0) is 62.6 Å². The van der Waals surface area contributed by atoms with Gasteiger partial charge in [-0.25, -0.2) is 9.98 Å². The van der Waals surface area contributed by atoms with Gasteiger partial charge in [-0.15, -0.1) is 11.3 Å². The van der Waals surface area contributed by atoms with E-state index < -0.39 is 0 Å². The van der Waals surface area contributed by atoms with Gasteiger partial charge in [0.1, 0.15) is 5.56 Å². The molecule has 5 rings (SSSR count). The highest BCUT2D eigenvalue weighted by Gasteiger charge is 2.19. The van der Waals surface area contributed by atoms with Crippen molar-refractivity contribution in [2.45, 2.75) is 34.1 Å². The number of aryl methyl sites for hydroxylation is 4. The van der Waals surface area contributed by atoms with Crippen molar-refractivity contribution < 1.29 is 13.9 Å². The van der Waals surface area contributed by atoms with E-state index in [0.29, 0.717) is 27.7 Å². The zero-order chi connectivity index (χ0) is 26.8. The molecule has 0 aliphatic rings. The number of carbonyl (C=O) groups excluding carboxylic acids is 1. The molecule has 0 fully saturated rings. The van der Waals surface area contributed by atoms with Gasteiger partial charge in [0.25, 0.3) is 5.91 Å². The molecule has 7 heteroatoms. The number of nitrogens with one attached hydrogen (secondary N) is 1. The summed E-state index contributed by atoms with van der Waals surface area (Å²) in [4.78, 5) is 24.3. The first-order valence-corrected chi connectivity index (χ1v) is 13.3. The average molecular weight is 524 g/mol. The van der Waals surface area contributed by atoms with Crippen LogP contribution in [0.5, 0.6) is 5.75 Å². The summed E-state index contributed by atoms with van der Waals surface area (Å²) in [5, 5.41) is 4.28. The van der Waals surface area contributed by atoms with E-state index in [4.69, 9.17) is 19.1 Å². The standard InChI is InChI=1S/C31H29N3O3S/c1-6-26-27(23-14-13-19(3)15-20(23)4)33-31(38-26)34-29(35)24-17-21-10-8-12-25(36-5)28(21)37-30(24)32-22-11-7-9-18(2)16-22/h7-17H,6H2,1-5H3,(H,33,34,35). The number of methoxy groups -OCH3 is 1. The number of para-hydroxylation sites is 1. The highest BCUT2D eigenvalue weighted by molar-refractivity contribution is 7.16. The minimum Gasteiger partial charge on any atom is -0.493 e. The average Bonchev–Trinajstić information content (AvgIpc) is 3.30. The van der Waals surface area contributed by atoms with Gasteiger partial charge in [0.2, 0.25) is 5.55 Å². The molecule has 6 nitrogen and oxygen atoms in total. The van der Waals surface area contributed by atoms with Crippen LogP contribution in [-0.4, -0.2) is 18.0 Å². The largest absolute Gasteiger partial charge is 0.493 e. The molecular weight excluding hydrogens is 494 g/mol. The topological polar surface area (TPSA) is 76.7 Å². The molecule has 0 aliphatic carbocycles. The Morgan fingerprint density at radius 3 is 2.55 bits per heavy atom. The monoisotopic (exact) mass is 523 g/mol. The molecule has 0 aliphatic heterocycles. The second-order valence-electron chi connectivity index (χ2n) is 9.21. The molecule has 38 heavy (non-hydrogen) atoms. The molecule has 2 heterocycles. The van der Waals surface area contributed by atoms with Gasteiger partial charge in [0.15, 0.2) is 16.5 Å². The van der Waals surface area contributed by atoms with Crippen molar-refractivity contribution in [3.63, 3.8) is 0 Å². The number of rotatable bonds is 6. The van der Waals surface area contributed by atoms with Crippen LogP contribution >= 0.6 is 11.3 Å². The number of carbonyl (C=O) groups is 1. The fraction of sp³-hybridized carbons (Fsp3) is 0.194. The van der Waals surface area contributed by atoms with E-state index >= 15 is 0 Å². The summed E-state index contributed by atoms with van der Waals surface area (Å²) in [5.41, 5.74) is 7.13. The Balaban J connectivity index is 1.59. The molecule has 0 radical (unpaired) electrons.